The fraction of sp³-hybridized carbons (Fsp3) is 0.111. The van der Waals surface area contributed by atoms with Crippen molar-refractivity contribution in [2.45, 2.75) is 13.2 Å². The predicted octanol–water partition coefficient (Wildman–Crippen LogP) is 2.46. The van der Waals surface area contributed by atoms with Crippen LogP contribution in [-0.4, -0.2) is 11.9 Å². The molecule has 0 saturated carbocycles. The van der Waals surface area contributed by atoms with Crippen LogP contribution in [0.25, 0.3) is 0 Å². The zero-order valence-electron chi connectivity index (χ0n) is 12.4. The molecular formula is C18H10N2O4. The first-order chi connectivity index (χ1) is 11.6. The number of nitriles is 2. The van der Waals surface area contributed by atoms with E-state index >= 15 is 0 Å². The van der Waals surface area contributed by atoms with Gasteiger partial charge in [0, 0.05) is 11.1 Å². The number of cyclic esters (lactones) is 2. The van der Waals surface area contributed by atoms with E-state index in [2.05, 4.69) is 0 Å². The van der Waals surface area contributed by atoms with Crippen molar-refractivity contribution >= 4 is 11.9 Å². The van der Waals surface area contributed by atoms with Gasteiger partial charge >= 0.3 is 11.9 Å². The van der Waals surface area contributed by atoms with E-state index in [0.717, 1.165) is 11.1 Å². The number of fused-ring (bicyclic) bond motifs is 2. The van der Waals surface area contributed by atoms with Crippen LogP contribution < -0.4 is 0 Å². The highest BCUT2D eigenvalue weighted by Crippen LogP contribution is 2.21. The van der Waals surface area contributed by atoms with E-state index in [-0.39, 0.29) is 11.9 Å². The number of nitrogens with zero attached hydrogens (tertiary/aromatic N) is 2. The van der Waals surface area contributed by atoms with Crippen LogP contribution in [0.4, 0.5) is 0 Å². The molecule has 2 heterocycles. The maximum atomic E-state index is 11.0. The Labute approximate surface area is 137 Å². The molecule has 0 amide bonds. The highest BCUT2D eigenvalue weighted by atomic mass is 16.5. The van der Waals surface area contributed by atoms with Gasteiger partial charge in [0.2, 0.25) is 0 Å². The lowest BCUT2D eigenvalue weighted by atomic mass is 10.1. The van der Waals surface area contributed by atoms with E-state index in [1.165, 1.54) is 0 Å². The summed E-state index contributed by atoms with van der Waals surface area (Å²) in [6.07, 6.45) is 0. The van der Waals surface area contributed by atoms with Crippen LogP contribution in [0.15, 0.2) is 36.4 Å². The summed E-state index contributed by atoms with van der Waals surface area (Å²) in [6.45, 7) is 0.591. The minimum atomic E-state index is -0.297. The second kappa shape index (κ2) is 6.23. The van der Waals surface area contributed by atoms with Gasteiger partial charge in [0.15, 0.2) is 0 Å². The van der Waals surface area contributed by atoms with Gasteiger partial charge in [-0.15, -0.1) is 0 Å². The van der Waals surface area contributed by atoms with Crippen LogP contribution in [0, 0.1) is 22.7 Å². The minimum absolute atomic E-state index is 0.295. The molecule has 0 radical (unpaired) electrons. The Morgan fingerprint density at radius 2 is 1.17 bits per heavy atom. The Balaban J connectivity index is 0.000000141. The Kier molecular flexibility index (Phi) is 3.96. The third kappa shape index (κ3) is 2.81. The van der Waals surface area contributed by atoms with Gasteiger partial charge in [-0.1, -0.05) is 0 Å². The van der Waals surface area contributed by atoms with Crippen LogP contribution in [-0.2, 0) is 22.7 Å². The lowest BCUT2D eigenvalue weighted by Gasteiger charge is -1.92. The summed E-state index contributed by atoms with van der Waals surface area (Å²) >= 11 is 0. The molecule has 0 atom stereocenters. The molecule has 0 fully saturated rings. The fourth-order valence-corrected chi connectivity index (χ4v) is 2.41. The SMILES string of the molecule is N#Cc1ccc2c(c1)COC2=O.N#Cc1ccc2c(c1)COC2=O. The summed E-state index contributed by atoms with van der Waals surface area (Å²) < 4.78 is 9.55. The molecule has 6 nitrogen and oxygen atoms in total. The Morgan fingerprint density at radius 1 is 0.750 bits per heavy atom. The first-order valence-electron chi connectivity index (χ1n) is 7.02. The lowest BCUT2D eigenvalue weighted by Crippen LogP contribution is -1.92. The first-order valence-corrected chi connectivity index (χ1v) is 7.02. The van der Waals surface area contributed by atoms with Crippen molar-refractivity contribution in [2.24, 2.45) is 0 Å². The minimum Gasteiger partial charge on any atom is -0.457 e. The molecule has 2 aromatic carbocycles. The number of esters is 2. The summed E-state index contributed by atoms with van der Waals surface area (Å²) in [4.78, 5) is 21.9. The van der Waals surface area contributed by atoms with Crippen molar-refractivity contribution in [1.29, 1.82) is 10.5 Å². The van der Waals surface area contributed by atoms with Gasteiger partial charge in [0.1, 0.15) is 13.2 Å². The van der Waals surface area contributed by atoms with Gasteiger partial charge in [-0.25, -0.2) is 9.59 Å². The second-order valence-corrected chi connectivity index (χ2v) is 5.12. The molecule has 4 rings (SSSR count). The first kappa shape index (κ1) is 15.3. The van der Waals surface area contributed by atoms with E-state index < -0.39 is 0 Å². The molecule has 2 aliphatic rings. The largest absolute Gasteiger partial charge is 0.457 e. The highest BCUT2D eigenvalue weighted by Gasteiger charge is 2.21. The lowest BCUT2D eigenvalue weighted by molar-refractivity contribution is 0.0526. The maximum Gasteiger partial charge on any atom is 0.338 e. The Bertz CT molecular complexity index is 858. The molecule has 6 heteroatoms. The quantitative estimate of drug-likeness (QED) is 0.692. The number of hydrogen-bond acceptors (Lipinski definition) is 6. The molecular weight excluding hydrogens is 308 g/mol. The smallest absolute Gasteiger partial charge is 0.338 e. The molecule has 0 aliphatic carbocycles. The third-order valence-corrected chi connectivity index (χ3v) is 3.63. The number of hydrogen-bond donors (Lipinski definition) is 0. The summed E-state index contributed by atoms with van der Waals surface area (Å²) in [6, 6.07) is 13.9. The number of carbonyl (C=O) groups is 2. The molecule has 0 saturated heterocycles. The molecule has 0 unspecified atom stereocenters. The van der Waals surface area contributed by atoms with Crippen LogP contribution >= 0.6 is 0 Å². The van der Waals surface area contributed by atoms with Crippen LogP contribution in [0.1, 0.15) is 43.0 Å². The van der Waals surface area contributed by atoms with Crippen LogP contribution in [0.5, 0.6) is 0 Å². The molecule has 116 valence electrons. The zero-order valence-corrected chi connectivity index (χ0v) is 12.4. The topological polar surface area (TPSA) is 100 Å². The number of ether oxygens (including phenoxy) is 2. The monoisotopic (exact) mass is 318 g/mol. The number of benzene rings is 2. The highest BCUT2D eigenvalue weighted by molar-refractivity contribution is 5.94. The van der Waals surface area contributed by atoms with Crippen molar-refractivity contribution in [3.63, 3.8) is 0 Å². The van der Waals surface area contributed by atoms with Crippen molar-refractivity contribution in [2.75, 3.05) is 0 Å². The molecule has 0 N–H and O–H groups in total. The molecule has 2 aliphatic heterocycles. The van der Waals surface area contributed by atoms with E-state index in [1.54, 1.807) is 36.4 Å². The van der Waals surface area contributed by atoms with E-state index in [4.69, 9.17) is 20.0 Å². The fourth-order valence-electron chi connectivity index (χ4n) is 2.41. The van der Waals surface area contributed by atoms with Gasteiger partial charge in [0.05, 0.1) is 34.4 Å². The van der Waals surface area contributed by atoms with E-state index in [0.29, 0.717) is 35.5 Å². The van der Waals surface area contributed by atoms with Crippen LogP contribution in [0.2, 0.25) is 0 Å². The van der Waals surface area contributed by atoms with Crippen LogP contribution in [0.3, 0.4) is 0 Å². The summed E-state index contributed by atoms with van der Waals surface area (Å²) in [5.74, 6) is -0.594. The third-order valence-electron chi connectivity index (χ3n) is 3.63. The average Bonchev–Trinajstić information content (AvgIpc) is 3.18. The van der Waals surface area contributed by atoms with Gasteiger partial charge in [-0.3, -0.25) is 0 Å². The molecule has 0 spiro atoms. The molecule has 24 heavy (non-hydrogen) atoms. The average molecular weight is 318 g/mol. The van der Waals surface area contributed by atoms with Crippen molar-refractivity contribution in [3.05, 3.63) is 69.8 Å². The van der Waals surface area contributed by atoms with E-state index in [1.807, 2.05) is 12.1 Å². The van der Waals surface area contributed by atoms with Gasteiger partial charge < -0.3 is 9.47 Å². The van der Waals surface area contributed by atoms with E-state index in [9.17, 15) is 9.59 Å². The molecule has 0 aromatic heterocycles. The van der Waals surface area contributed by atoms with Crippen molar-refractivity contribution < 1.29 is 19.1 Å². The molecule has 2 aromatic rings. The van der Waals surface area contributed by atoms with Gasteiger partial charge in [-0.05, 0) is 36.4 Å². The Morgan fingerprint density at radius 3 is 1.54 bits per heavy atom. The van der Waals surface area contributed by atoms with Crippen molar-refractivity contribution in [1.82, 2.24) is 0 Å². The number of carbonyl (C=O) groups excluding carboxylic acids is 2. The summed E-state index contributed by atoms with van der Waals surface area (Å²) in [5, 5.41) is 17.1. The standard InChI is InChI=1S/2C9H5NO2/c2*10-4-6-1-2-8-7(3-6)5-12-9(8)11/h2*1-3H,5H2. The second-order valence-electron chi connectivity index (χ2n) is 5.12. The number of rotatable bonds is 0. The zero-order chi connectivity index (χ0) is 17.1. The summed E-state index contributed by atoms with van der Waals surface area (Å²) in [5.41, 5.74) is 3.89. The van der Waals surface area contributed by atoms with Crippen molar-refractivity contribution in [3.8, 4) is 12.1 Å². The van der Waals surface area contributed by atoms with Gasteiger partial charge in [-0.2, -0.15) is 10.5 Å². The normalized spacial score (nSPS) is 13.4. The predicted molar refractivity (Wildman–Crippen MR) is 80.6 cm³/mol. The maximum absolute atomic E-state index is 11.0. The molecule has 0 bridgehead atoms. The Hall–Kier alpha value is -3.64. The van der Waals surface area contributed by atoms with Gasteiger partial charge in [0.25, 0.3) is 0 Å². The summed E-state index contributed by atoms with van der Waals surface area (Å²) in [7, 11) is 0.